The Hall–Kier alpha value is -2.73. The van der Waals surface area contributed by atoms with Crippen LogP contribution in [0.2, 0.25) is 0 Å². The Balaban J connectivity index is 1.69. The van der Waals surface area contributed by atoms with Crippen molar-refractivity contribution in [2.45, 2.75) is 19.3 Å². The van der Waals surface area contributed by atoms with Gasteiger partial charge < -0.3 is 10.5 Å². The zero-order valence-corrected chi connectivity index (χ0v) is 14.8. The number of ether oxygens (including phenoxy) is 1. The molecule has 26 heavy (non-hydrogen) atoms. The van der Waals surface area contributed by atoms with Crippen molar-refractivity contribution >= 4 is 17.1 Å². The fourth-order valence-corrected chi connectivity index (χ4v) is 3.87. The van der Waals surface area contributed by atoms with E-state index in [9.17, 15) is 4.79 Å². The van der Waals surface area contributed by atoms with Crippen LogP contribution in [0.25, 0.3) is 17.0 Å². The van der Waals surface area contributed by atoms with Gasteiger partial charge in [0.25, 0.3) is 0 Å². The normalized spacial score (nSPS) is 19.9. The molecule has 0 amide bonds. The van der Waals surface area contributed by atoms with E-state index in [4.69, 9.17) is 10.5 Å². The van der Waals surface area contributed by atoms with Crippen LogP contribution in [-0.4, -0.2) is 34.1 Å². The summed E-state index contributed by atoms with van der Waals surface area (Å²) in [5.41, 5.74) is 8.72. The van der Waals surface area contributed by atoms with E-state index in [1.54, 1.807) is 23.9 Å². The van der Waals surface area contributed by atoms with E-state index in [0.29, 0.717) is 29.3 Å². The van der Waals surface area contributed by atoms with E-state index in [1.165, 1.54) is 0 Å². The van der Waals surface area contributed by atoms with Crippen LogP contribution in [0.4, 0.5) is 5.69 Å². The fourth-order valence-electron chi connectivity index (χ4n) is 3.87. The number of Topliss-reactive ketones (excluding diaryl/α,β-unsaturated/α-hetero) is 1. The summed E-state index contributed by atoms with van der Waals surface area (Å²) in [6.45, 7) is 0.621. The van der Waals surface area contributed by atoms with Gasteiger partial charge in [-0.3, -0.25) is 4.79 Å². The molecule has 4 rings (SSSR count). The van der Waals surface area contributed by atoms with E-state index in [0.717, 1.165) is 24.8 Å². The van der Waals surface area contributed by atoms with Gasteiger partial charge >= 0.3 is 0 Å². The number of aromatic nitrogens is 3. The number of hydrogen-bond donors (Lipinski definition) is 1. The lowest BCUT2D eigenvalue weighted by Gasteiger charge is -2.17. The Bertz CT molecular complexity index is 936. The van der Waals surface area contributed by atoms with Gasteiger partial charge in [-0.2, -0.15) is 0 Å². The van der Waals surface area contributed by atoms with Crippen LogP contribution in [0.3, 0.4) is 0 Å². The number of pyridine rings is 1. The topological polar surface area (TPSA) is 82.5 Å². The van der Waals surface area contributed by atoms with Crippen molar-refractivity contribution in [2.75, 3.05) is 19.5 Å². The van der Waals surface area contributed by atoms with Crippen LogP contribution in [0, 0.1) is 11.8 Å². The Morgan fingerprint density at radius 3 is 2.88 bits per heavy atom. The van der Waals surface area contributed by atoms with Gasteiger partial charge in [-0.15, -0.1) is 5.10 Å². The maximum Gasteiger partial charge on any atom is 0.182 e. The molecule has 0 aliphatic heterocycles. The zero-order chi connectivity index (χ0) is 18.1. The molecule has 0 saturated heterocycles. The molecule has 1 aromatic carbocycles. The number of carbonyl (C=O) groups is 1. The third kappa shape index (κ3) is 2.97. The number of nitrogen functional groups attached to an aromatic ring is 1. The maximum atomic E-state index is 13.0. The van der Waals surface area contributed by atoms with Crippen molar-refractivity contribution in [1.82, 2.24) is 14.6 Å². The van der Waals surface area contributed by atoms with Crippen LogP contribution in [0.5, 0.6) is 0 Å². The van der Waals surface area contributed by atoms with Crippen molar-refractivity contribution in [3.05, 3.63) is 48.2 Å². The SMILES string of the molecule is COC[C@@H]1CCCC1C(=O)c1cc(N)c2nc(-c3ccccc3)nn2c1. The standard InChI is InChI=1S/C20H22N4O2/c1-26-12-14-8-5-9-16(14)18(25)15-10-17(21)20-22-19(23-24(20)11-15)13-6-3-2-4-7-13/h2-4,6-7,10-11,14,16H,5,8-9,12,21H2,1H3/t14-,16?/m0/s1. The maximum absolute atomic E-state index is 13.0. The number of rotatable bonds is 5. The van der Waals surface area contributed by atoms with Crippen LogP contribution in [0.15, 0.2) is 42.6 Å². The van der Waals surface area contributed by atoms with Crippen molar-refractivity contribution in [3.63, 3.8) is 0 Å². The summed E-state index contributed by atoms with van der Waals surface area (Å²) in [6.07, 6.45) is 4.74. The molecule has 1 aliphatic carbocycles. The van der Waals surface area contributed by atoms with Gasteiger partial charge in [0, 0.05) is 37.0 Å². The Morgan fingerprint density at radius 1 is 1.31 bits per heavy atom. The number of fused-ring (bicyclic) bond motifs is 1. The van der Waals surface area contributed by atoms with Crippen molar-refractivity contribution in [2.24, 2.45) is 11.8 Å². The smallest absolute Gasteiger partial charge is 0.182 e. The van der Waals surface area contributed by atoms with Crippen molar-refractivity contribution in [1.29, 1.82) is 0 Å². The molecule has 1 saturated carbocycles. The second kappa shape index (κ2) is 6.88. The largest absolute Gasteiger partial charge is 0.396 e. The average Bonchev–Trinajstić information content (AvgIpc) is 3.29. The van der Waals surface area contributed by atoms with Gasteiger partial charge in [0.1, 0.15) is 0 Å². The highest BCUT2D eigenvalue weighted by Gasteiger charge is 2.33. The van der Waals surface area contributed by atoms with Crippen molar-refractivity contribution < 1.29 is 9.53 Å². The summed E-state index contributed by atoms with van der Waals surface area (Å²) >= 11 is 0. The predicted octanol–water partition coefficient (Wildman–Crippen LogP) is 3.22. The van der Waals surface area contributed by atoms with Gasteiger partial charge in [0.2, 0.25) is 0 Å². The minimum atomic E-state index is -0.0103. The second-order valence-corrected chi connectivity index (χ2v) is 6.87. The lowest BCUT2D eigenvalue weighted by Crippen LogP contribution is -2.23. The van der Waals surface area contributed by atoms with E-state index in [-0.39, 0.29) is 17.6 Å². The van der Waals surface area contributed by atoms with E-state index in [2.05, 4.69) is 10.1 Å². The molecule has 0 bridgehead atoms. The van der Waals surface area contributed by atoms with Gasteiger partial charge in [-0.05, 0) is 24.8 Å². The molecule has 2 heterocycles. The summed E-state index contributed by atoms with van der Waals surface area (Å²) in [7, 11) is 1.68. The molecule has 2 N–H and O–H groups in total. The summed E-state index contributed by atoms with van der Waals surface area (Å²) in [4.78, 5) is 17.6. The molecule has 0 radical (unpaired) electrons. The minimum absolute atomic E-state index is 0.0103. The first-order valence-corrected chi connectivity index (χ1v) is 8.92. The average molecular weight is 350 g/mol. The van der Waals surface area contributed by atoms with E-state index >= 15 is 0 Å². The third-order valence-electron chi connectivity index (χ3n) is 5.15. The van der Waals surface area contributed by atoms with Gasteiger partial charge in [0.15, 0.2) is 17.3 Å². The lowest BCUT2D eigenvalue weighted by atomic mass is 9.89. The molecule has 0 spiro atoms. The summed E-state index contributed by atoms with van der Waals surface area (Å²) in [6, 6.07) is 11.5. The summed E-state index contributed by atoms with van der Waals surface area (Å²) in [5.74, 6) is 0.985. The summed E-state index contributed by atoms with van der Waals surface area (Å²) < 4.78 is 6.90. The fraction of sp³-hybridized carbons (Fsp3) is 0.350. The van der Waals surface area contributed by atoms with Crippen LogP contribution in [0.1, 0.15) is 29.6 Å². The predicted molar refractivity (Wildman–Crippen MR) is 99.9 cm³/mol. The summed E-state index contributed by atoms with van der Waals surface area (Å²) in [5, 5.41) is 4.52. The number of nitrogens with zero attached hydrogens (tertiary/aromatic N) is 3. The molecular weight excluding hydrogens is 328 g/mol. The molecule has 3 aromatic rings. The first-order chi connectivity index (χ1) is 12.7. The first-order valence-electron chi connectivity index (χ1n) is 8.92. The zero-order valence-electron chi connectivity index (χ0n) is 14.8. The van der Waals surface area contributed by atoms with Gasteiger partial charge in [-0.25, -0.2) is 9.50 Å². The van der Waals surface area contributed by atoms with Crippen LogP contribution in [-0.2, 0) is 4.74 Å². The molecule has 1 aliphatic rings. The Kier molecular flexibility index (Phi) is 4.42. The molecule has 6 nitrogen and oxygen atoms in total. The third-order valence-corrected chi connectivity index (χ3v) is 5.15. The van der Waals surface area contributed by atoms with Crippen molar-refractivity contribution in [3.8, 4) is 11.4 Å². The molecule has 1 fully saturated rings. The molecular formula is C20H22N4O2. The molecule has 2 aromatic heterocycles. The number of hydrogen-bond acceptors (Lipinski definition) is 5. The molecule has 134 valence electrons. The molecule has 1 unspecified atom stereocenters. The Morgan fingerprint density at radius 2 is 2.12 bits per heavy atom. The second-order valence-electron chi connectivity index (χ2n) is 6.87. The first kappa shape index (κ1) is 16.7. The number of carbonyl (C=O) groups excluding carboxylic acids is 1. The van der Waals surface area contributed by atoms with Crippen LogP contribution >= 0.6 is 0 Å². The highest BCUT2D eigenvalue weighted by atomic mass is 16.5. The minimum Gasteiger partial charge on any atom is -0.396 e. The van der Waals surface area contributed by atoms with Gasteiger partial charge in [-0.1, -0.05) is 36.8 Å². The number of ketones is 1. The quantitative estimate of drug-likeness (QED) is 0.714. The highest BCUT2D eigenvalue weighted by molar-refractivity contribution is 5.99. The lowest BCUT2D eigenvalue weighted by molar-refractivity contribution is 0.0808. The van der Waals surface area contributed by atoms with E-state index in [1.807, 2.05) is 30.3 Å². The van der Waals surface area contributed by atoms with Gasteiger partial charge in [0.05, 0.1) is 5.69 Å². The number of benzene rings is 1. The number of nitrogens with two attached hydrogens (primary N) is 1. The Labute approximate surface area is 152 Å². The number of methoxy groups -OCH3 is 1. The van der Waals surface area contributed by atoms with Crippen LogP contribution < -0.4 is 5.73 Å². The molecule has 2 atom stereocenters. The monoisotopic (exact) mass is 350 g/mol. The van der Waals surface area contributed by atoms with E-state index < -0.39 is 0 Å². The highest BCUT2D eigenvalue weighted by Crippen LogP contribution is 2.35. The molecule has 6 heteroatoms. The number of anilines is 1.